The summed E-state index contributed by atoms with van der Waals surface area (Å²) >= 11 is 9.16. The molecule has 1 aromatic carbocycles. The van der Waals surface area contributed by atoms with Crippen LogP contribution < -0.4 is 5.43 Å². The minimum Gasteiger partial charge on any atom is -0.271 e. The molecule has 0 radical (unpaired) electrons. The maximum Gasteiger partial charge on any atom is 0.264 e. The zero-order valence-corrected chi connectivity index (χ0v) is 11.4. The van der Waals surface area contributed by atoms with Gasteiger partial charge in [0.25, 0.3) is 5.91 Å². The Morgan fingerprint density at radius 2 is 2.11 bits per heavy atom. The number of hydrogen-bond acceptors (Lipinski definition) is 4. The summed E-state index contributed by atoms with van der Waals surface area (Å²) in [6.45, 7) is 0. The lowest BCUT2D eigenvalue weighted by Gasteiger charge is -2.10. The minimum atomic E-state index is -0.857. The lowest BCUT2D eigenvalue weighted by atomic mass is 10.2. The Hall–Kier alpha value is -1.53. The van der Waals surface area contributed by atoms with Crippen molar-refractivity contribution >= 4 is 51.6 Å². The number of hydrazone groups is 1. The molecule has 1 atom stereocenters. The molecule has 0 aliphatic carbocycles. The van der Waals surface area contributed by atoms with Crippen molar-refractivity contribution < 1.29 is 4.79 Å². The Morgan fingerprint density at radius 3 is 2.83 bits per heavy atom. The summed E-state index contributed by atoms with van der Waals surface area (Å²) < 4.78 is 0.989. The molecule has 2 rings (SSSR count). The van der Waals surface area contributed by atoms with Gasteiger partial charge in [0, 0.05) is 4.47 Å². The van der Waals surface area contributed by atoms with Gasteiger partial charge in [-0.15, -0.1) is 11.6 Å². The van der Waals surface area contributed by atoms with E-state index in [1.807, 2.05) is 24.3 Å². The zero-order valence-electron chi connectivity index (χ0n) is 9.05. The summed E-state index contributed by atoms with van der Waals surface area (Å²) in [7, 11) is 0. The van der Waals surface area contributed by atoms with E-state index < -0.39 is 11.3 Å². The van der Waals surface area contributed by atoms with Gasteiger partial charge in [-0.3, -0.25) is 4.79 Å². The first-order valence-corrected chi connectivity index (χ1v) is 6.23. The third-order valence-corrected chi connectivity index (χ3v) is 3.06. The molecule has 0 fully saturated rings. The van der Waals surface area contributed by atoms with Gasteiger partial charge in [-0.25, -0.2) is 5.43 Å². The topological polar surface area (TPSA) is 66.2 Å². The zero-order chi connectivity index (χ0) is 13.0. The smallest absolute Gasteiger partial charge is 0.264 e. The molecule has 1 aliphatic heterocycles. The number of halogens is 2. The molecule has 1 unspecified atom stereocenters. The second-order valence-electron chi connectivity index (χ2n) is 3.42. The monoisotopic (exact) mass is 326 g/mol. The van der Waals surface area contributed by atoms with Gasteiger partial charge in [0.2, 0.25) is 0 Å². The van der Waals surface area contributed by atoms with E-state index in [0.29, 0.717) is 5.71 Å². The Bertz CT molecular complexity index is 538. The Balaban J connectivity index is 2.10. The normalized spacial score (nSPS) is 21.6. The molecular weight excluding hydrogens is 320 g/mol. The highest BCUT2D eigenvalue weighted by Crippen LogP contribution is 2.09. The second-order valence-corrected chi connectivity index (χ2v) is 4.77. The van der Waals surface area contributed by atoms with Crippen LogP contribution in [0.1, 0.15) is 5.56 Å². The van der Waals surface area contributed by atoms with Gasteiger partial charge in [-0.05, 0) is 17.7 Å². The lowest BCUT2D eigenvalue weighted by molar-refractivity contribution is -0.119. The first kappa shape index (κ1) is 12.9. The van der Waals surface area contributed by atoms with E-state index >= 15 is 0 Å². The number of carbonyl (C=O) groups is 1. The molecule has 0 aromatic heterocycles. The number of amides is 1. The fourth-order valence-corrected chi connectivity index (χ4v) is 1.62. The lowest BCUT2D eigenvalue weighted by Crippen LogP contribution is -2.38. The number of carbonyl (C=O) groups excluding carboxylic acids is 1. The standard InChI is InChI=1S/C11H8BrClN4O/c12-8-3-1-7(2-4-8)5-14-16-9-6-15-17-11(18)10(9)13/h1-6,10H,(H,17,18)/b14-5-,16-9-. The summed E-state index contributed by atoms with van der Waals surface area (Å²) in [5.74, 6) is -0.406. The fraction of sp³-hybridized carbons (Fsp3) is 0.0909. The van der Waals surface area contributed by atoms with Gasteiger partial charge in [0.15, 0.2) is 5.38 Å². The molecule has 92 valence electrons. The van der Waals surface area contributed by atoms with Crippen molar-refractivity contribution in [2.75, 3.05) is 0 Å². The number of alkyl halides is 1. The molecule has 18 heavy (non-hydrogen) atoms. The average molecular weight is 328 g/mol. The van der Waals surface area contributed by atoms with E-state index in [9.17, 15) is 4.79 Å². The van der Waals surface area contributed by atoms with Crippen LogP contribution in [0.3, 0.4) is 0 Å². The maximum absolute atomic E-state index is 11.2. The third-order valence-electron chi connectivity index (χ3n) is 2.11. The highest BCUT2D eigenvalue weighted by atomic mass is 79.9. The van der Waals surface area contributed by atoms with Crippen molar-refractivity contribution in [3.05, 3.63) is 34.3 Å². The molecule has 7 heteroatoms. The Kier molecular flexibility index (Phi) is 4.22. The van der Waals surface area contributed by atoms with Crippen LogP contribution in [0.2, 0.25) is 0 Å². The van der Waals surface area contributed by atoms with Crippen LogP contribution in [0.5, 0.6) is 0 Å². The van der Waals surface area contributed by atoms with Crippen LogP contribution in [0.25, 0.3) is 0 Å². The molecule has 0 saturated heterocycles. The summed E-state index contributed by atoms with van der Waals surface area (Å²) in [4.78, 5) is 11.2. The maximum atomic E-state index is 11.2. The van der Waals surface area contributed by atoms with Crippen LogP contribution >= 0.6 is 27.5 Å². The van der Waals surface area contributed by atoms with Crippen molar-refractivity contribution in [2.45, 2.75) is 5.38 Å². The van der Waals surface area contributed by atoms with E-state index in [4.69, 9.17) is 11.6 Å². The van der Waals surface area contributed by atoms with Crippen molar-refractivity contribution in [1.82, 2.24) is 5.43 Å². The van der Waals surface area contributed by atoms with E-state index in [1.54, 1.807) is 6.21 Å². The molecule has 1 aliphatic rings. The largest absolute Gasteiger partial charge is 0.271 e. The third kappa shape index (κ3) is 3.24. The van der Waals surface area contributed by atoms with Crippen LogP contribution in [0.15, 0.2) is 44.0 Å². The number of rotatable bonds is 2. The van der Waals surface area contributed by atoms with Crippen molar-refractivity contribution in [1.29, 1.82) is 0 Å². The molecule has 0 bridgehead atoms. The molecule has 5 nitrogen and oxygen atoms in total. The Labute approximate surface area is 117 Å². The van der Waals surface area contributed by atoms with Crippen LogP contribution in [-0.4, -0.2) is 29.4 Å². The van der Waals surface area contributed by atoms with Gasteiger partial charge in [-0.2, -0.15) is 15.3 Å². The van der Waals surface area contributed by atoms with Crippen LogP contribution in [0, 0.1) is 0 Å². The summed E-state index contributed by atoms with van der Waals surface area (Å²) in [6.07, 6.45) is 2.95. The minimum absolute atomic E-state index is 0.314. The SMILES string of the molecule is O=C1NN=C/C(=N/N=C\c2ccc(Br)cc2)C1Cl. The van der Waals surface area contributed by atoms with E-state index in [-0.39, 0.29) is 0 Å². The highest BCUT2D eigenvalue weighted by Gasteiger charge is 2.23. The summed E-state index contributed by atoms with van der Waals surface area (Å²) in [6, 6.07) is 7.56. The first-order chi connectivity index (χ1) is 8.66. The van der Waals surface area contributed by atoms with Gasteiger partial charge in [0.05, 0.1) is 12.4 Å². The molecule has 0 spiro atoms. The average Bonchev–Trinajstić information content (AvgIpc) is 2.37. The van der Waals surface area contributed by atoms with E-state index in [0.717, 1.165) is 10.0 Å². The number of nitrogens with zero attached hydrogens (tertiary/aromatic N) is 3. The predicted molar refractivity (Wildman–Crippen MR) is 75.4 cm³/mol. The van der Waals surface area contributed by atoms with Gasteiger partial charge in [0.1, 0.15) is 5.71 Å². The van der Waals surface area contributed by atoms with Crippen LogP contribution in [0.4, 0.5) is 0 Å². The fourth-order valence-electron chi connectivity index (χ4n) is 1.21. The molecule has 1 N–H and O–H groups in total. The number of nitrogens with one attached hydrogen (secondary N) is 1. The van der Waals surface area contributed by atoms with Gasteiger partial charge < -0.3 is 0 Å². The van der Waals surface area contributed by atoms with Gasteiger partial charge in [-0.1, -0.05) is 28.1 Å². The highest BCUT2D eigenvalue weighted by molar-refractivity contribution is 9.10. The van der Waals surface area contributed by atoms with E-state index in [1.165, 1.54) is 6.21 Å². The van der Waals surface area contributed by atoms with Gasteiger partial charge >= 0.3 is 0 Å². The first-order valence-electron chi connectivity index (χ1n) is 5.00. The second kappa shape index (κ2) is 5.88. The summed E-state index contributed by atoms with van der Waals surface area (Å²) in [5, 5.41) is 10.5. The quantitative estimate of drug-likeness (QED) is 0.503. The van der Waals surface area contributed by atoms with E-state index in [2.05, 4.69) is 36.7 Å². The number of benzene rings is 1. The van der Waals surface area contributed by atoms with Crippen molar-refractivity contribution in [3.8, 4) is 0 Å². The predicted octanol–water partition coefficient (Wildman–Crippen LogP) is 1.95. The molecule has 1 aromatic rings. The van der Waals surface area contributed by atoms with Crippen LogP contribution in [-0.2, 0) is 4.79 Å². The molecule has 1 heterocycles. The molecule has 1 amide bonds. The van der Waals surface area contributed by atoms with Crippen molar-refractivity contribution in [2.24, 2.45) is 15.3 Å². The number of hydrogen-bond donors (Lipinski definition) is 1. The molecular formula is C11H8BrClN4O. The Morgan fingerprint density at radius 1 is 1.39 bits per heavy atom. The molecule has 0 saturated carbocycles. The van der Waals surface area contributed by atoms with Crippen molar-refractivity contribution in [3.63, 3.8) is 0 Å². The summed E-state index contributed by atoms with van der Waals surface area (Å²) in [5.41, 5.74) is 3.44.